The van der Waals surface area contributed by atoms with Gasteiger partial charge in [-0.1, -0.05) is 43.7 Å². The molecular formula is C21H28N2O4. The first-order valence-electron chi connectivity index (χ1n) is 9.55. The van der Waals surface area contributed by atoms with E-state index in [-0.39, 0.29) is 30.3 Å². The summed E-state index contributed by atoms with van der Waals surface area (Å²) in [6, 6.07) is 9.64. The van der Waals surface area contributed by atoms with Crippen LogP contribution in [0, 0.1) is 5.92 Å². The Morgan fingerprint density at radius 1 is 1.19 bits per heavy atom. The summed E-state index contributed by atoms with van der Waals surface area (Å²) >= 11 is 0. The Balaban J connectivity index is 1.69. The molecule has 0 spiro atoms. The molecule has 1 aromatic carbocycles. The SMILES string of the molecule is CCCCNC(=O)COC(=O)C1CCN(C(=O)/C=C/c2ccccc2)CC1. The molecule has 1 aliphatic heterocycles. The van der Waals surface area contributed by atoms with Crippen molar-refractivity contribution in [1.82, 2.24) is 10.2 Å². The van der Waals surface area contributed by atoms with Gasteiger partial charge in [-0.05, 0) is 30.9 Å². The van der Waals surface area contributed by atoms with Crippen LogP contribution >= 0.6 is 0 Å². The van der Waals surface area contributed by atoms with Gasteiger partial charge in [0.2, 0.25) is 5.91 Å². The van der Waals surface area contributed by atoms with Crippen LogP contribution < -0.4 is 5.32 Å². The highest BCUT2D eigenvalue weighted by Crippen LogP contribution is 2.19. The summed E-state index contributed by atoms with van der Waals surface area (Å²) in [5.74, 6) is -0.931. The van der Waals surface area contributed by atoms with E-state index in [1.54, 1.807) is 17.1 Å². The fourth-order valence-electron chi connectivity index (χ4n) is 2.88. The van der Waals surface area contributed by atoms with Crippen LogP contribution in [0.1, 0.15) is 38.2 Å². The predicted molar refractivity (Wildman–Crippen MR) is 104 cm³/mol. The number of amides is 2. The lowest BCUT2D eigenvalue weighted by Gasteiger charge is -2.30. The Hall–Kier alpha value is -2.63. The number of nitrogens with one attached hydrogen (secondary N) is 1. The normalized spacial score (nSPS) is 14.9. The molecule has 1 saturated heterocycles. The van der Waals surface area contributed by atoms with Gasteiger partial charge in [-0.25, -0.2) is 0 Å². The highest BCUT2D eigenvalue weighted by molar-refractivity contribution is 5.92. The highest BCUT2D eigenvalue weighted by atomic mass is 16.5. The van der Waals surface area contributed by atoms with Crippen LogP contribution in [-0.4, -0.2) is 48.9 Å². The Morgan fingerprint density at radius 3 is 2.56 bits per heavy atom. The van der Waals surface area contributed by atoms with Crippen molar-refractivity contribution in [3.05, 3.63) is 42.0 Å². The number of unbranched alkanes of at least 4 members (excludes halogenated alkanes) is 1. The molecule has 0 bridgehead atoms. The van der Waals surface area contributed by atoms with E-state index in [1.165, 1.54) is 0 Å². The maximum Gasteiger partial charge on any atom is 0.309 e. The van der Waals surface area contributed by atoms with Gasteiger partial charge in [0.25, 0.3) is 5.91 Å². The van der Waals surface area contributed by atoms with Gasteiger partial charge in [0.1, 0.15) is 0 Å². The van der Waals surface area contributed by atoms with Crippen LogP contribution in [0.4, 0.5) is 0 Å². The second kappa shape index (κ2) is 11.2. The summed E-state index contributed by atoms with van der Waals surface area (Å²) in [7, 11) is 0. The second-order valence-corrected chi connectivity index (χ2v) is 6.65. The standard InChI is InChI=1S/C21H28N2O4/c1-2-3-13-22-19(24)16-27-21(26)18-11-14-23(15-12-18)20(25)10-9-17-7-5-4-6-8-17/h4-10,18H,2-3,11-16H2,1H3,(H,22,24)/b10-9+. The van der Waals surface area contributed by atoms with Gasteiger partial charge in [0, 0.05) is 25.7 Å². The van der Waals surface area contributed by atoms with E-state index in [9.17, 15) is 14.4 Å². The molecule has 2 amide bonds. The number of esters is 1. The fourth-order valence-corrected chi connectivity index (χ4v) is 2.88. The number of rotatable bonds is 8. The number of hydrogen-bond donors (Lipinski definition) is 1. The Bertz CT molecular complexity index is 649. The number of nitrogens with zero attached hydrogens (tertiary/aromatic N) is 1. The molecule has 0 unspecified atom stereocenters. The van der Waals surface area contributed by atoms with Gasteiger partial charge in [-0.15, -0.1) is 0 Å². The monoisotopic (exact) mass is 372 g/mol. The van der Waals surface area contributed by atoms with Crippen LogP contribution in [0.3, 0.4) is 0 Å². The fraction of sp³-hybridized carbons (Fsp3) is 0.476. The van der Waals surface area contributed by atoms with Gasteiger partial charge < -0.3 is 15.0 Å². The molecular weight excluding hydrogens is 344 g/mol. The second-order valence-electron chi connectivity index (χ2n) is 6.65. The molecule has 1 N–H and O–H groups in total. The first kappa shape index (κ1) is 20.7. The minimum Gasteiger partial charge on any atom is -0.455 e. The van der Waals surface area contributed by atoms with E-state index in [0.29, 0.717) is 32.5 Å². The molecule has 1 fully saturated rings. The number of benzene rings is 1. The number of piperidine rings is 1. The predicted octanol–water partition coefficient (Wildman–Crippen LogP) is 2.40. The van der Waals surface area contributed by atoms with Gasteiger partial charge in [0.15, 0.2) is 6.61 Å². The first-order chi connectivity index (χ1) is 13.1. The molecule has 1 heterocycles. The van der Waals surface area contributed by atoms with E-state index in [0.717, 1.165) is 18.4 Å². The Morgan fingerprint density at radius 2 is 1.89 bits per heavy atom. The van der Waals surface area contributed by atoms with Crippen LogP contribution in [-0.2, 0) is 19.1 Å². The van der Waals surface area contributed by atoms with Gasteiger partial charge in [-0.2, -0.15) is 0 Å². The maximum absolute atomic E-state index is 12.3. The van der Waals surface area contributed by atoms with E-state index < -0.39 is 0 Å². The molecule has 27 heavy (non-hydrogen) atoms. The zero-order valence-electron chi connectivity index (χ0n) is 15.9. The van der Waals surface area contributed by atoms with Crippen LogP contribution in [0.15, 0.2) is 36.4 Å². The van der Waals surface area contributed by atoms with Crippen molar-refractivity contribution in [1.29, 1.82) is 0 Å². The van der Waals surface area contributed by atoms with Gasteiger partial charge in [-0.3, -0.25) is 14.4 Å². The molecule has 6 heteroatoms. The van der Waals surface area contributed by atoms with E-state index >= 15 is 0 Å². The summed E-state index contributed by atoms with van der Waals surface area (Å²) < 4.78 is 5.11. The molecule has 0 radical (unpaired) electrons. The third-order valence-electron chi connectivity index (χ3n) is 4.56. The number of ether oxygens (including phenoxy) is 1. The highest BCUT2D eigenvalue weighted by Gasteiger charge is 2.28. The summed E-state index contributed by atoms with van der Waals surface area (Å²) in [5.41, 5.74) is 0.974. The Kier molecular flexibility index (Phi) is 8.55. The minimum absolute atomic E-state index is 0.0547. The zero-order chi connectivity index (χ0) is 19.5. The Labute approximate surface area is 160 Å². The average molecular weight is 372 g/mol. The minimum atomic E-state index is -0.354. The van der Waals surface area contributed by atoms with Gasteiger partial charge in [0.05, 0.1) is 5.92 Å². The largest absolute Gasteiger partial charge is 0.455 e. The molecule has 0 atom stereocenters. The van der Waals surface area contributed by atoms with Gasteiger partial charge >= 0.3 is 5.97 Å². The quantitative estimate of drug-likeness (QED) is 0.432. The summed E-state index contributed by atoms with van der Waals surface area (Å²) in [6.45, 7) is 3.44. The van der Waals surface area contributed by atoms with Crippen LogP contribution in [0.25, 0.3) is 6.08 Å². The number of likely N-dealkylation sites (tertiary alicyclic amines) is 1. The van der Waals surface area contributed by atoms with E-state index in [2.05, 4.69) is 5.32 Å². The smallest absolute Gasteiger partial charge is 0.309 e. The van der Waals surface area contributed by atoms with Crippen molar-refractivity contribution in [3.63, 3.8) is 0 Å². The molecule has 6 nitrogen and oxygen atoms in total. The lowest BCUT2D eigenvalue weighted by Crippen LogP contribution is -2.40. The summed E-state index contributed by atoms with van der Waals surface area (Å²) in [4.78, 5) is 37.7. The molecule has 0 aromatic heterocycles. The van der Waals surface area contributed by atoms with Crippen molar-refractivity contribution < 1.29 is 19.1 Å². The lowest BCUT2D eigenvalue weighted by atomic mass is 9.97. The third-order valence-corrected chi connectivity index (χ3v) is 4.56. The van der Waals surface area contributed by atoms with E-state index in [1.807, 2.05) is 37.3 Å². The van der Waals surface area contributed by atoms with Crippen molar-refractivity contribution >= 4 is 23.9 Å². The average Bonchev–Trinajstić information content (AvgIpc) is 2.71. The molecule has 146 valence electrons. The topological polar surface area (TPSA) is 75.7 Å². The summed E-state index contributed by atoms with van der Waals surface area (Å²) in [6.07, 6.45) is 6.37. The van der Waals surface area contributed by atoms with Crippen LogP contribution in [0.2, 0.25) is 0 Å². The van der Waals surface area contributed by atoms with Crippen molar-refractivity contribution in [2.45, 2.75) is 32.6 Å². The zero-order valence-corrected chi connectivity index (χ0v) is 15.9. The van der Waals surface area contributed by atoms with Crippen molar-refractivity contribution in [3.8, 4) is 0 Å². The number of carbonyl (C=O) groups excluding carboxylic acids is 3. The molecule has 1 aliphatic rings. The maximum atomic E-state index is 12.3. The van der Waals surface area contributed by atoms with Crippen molar-refractivity contribution in [2.75, 3.05) is 26.2 Å². The first-order valence-corrected chi connectivity index (χ1v) is 9.55. The molecule has 0 saturated carbocycles. The molecule has 2 rings (SSSR count). The molecule has 0 aliphatic carbocycles. The third kappa shape index (κ3) is 7.25. The van der Waals surface area contributed by atoms with E-state index in [4.69, 9.17) is 4.74 Å². The number of hydrogen-bond acceptors (Lipinski definition) is 4. The number of carbonyl (C=O) groups is 3. The lowest BCUT2D eigenvalue weighted by molar-refractivity contribution is -0.154. The molecule has 1 aromatic rings. The van der Waals surface area contributed by atoms with Crippen LogP contribution in [0.5, 0.6) is 0 Å². The van der Waals surface area contributed by atoms with Crippen molar-refractivity contribution in [2.24, 2.45) is 5.92 Å². The summed E-state index contributed by atoms with van der Waals surface area (Å²) in [5, 5.41) is 2.71.